The van der Waals surface area contributed by atoms with Crippen LogP contribution in [-0.2, 0) is 28.6 Å². The van der Waals surface area contributed by atoms with E-state index in [4.69, 9.17) is 14.2 Å². The summed E-state index contributed by atoms with van der Waals surface area (Å²) in [5.74, 6) is -0.845. The van der Waals surface area contributed by atoms with Gasteiger partial charge in [0.25, 0.3) is 0 Å². The number of ether oxygens (including phenoxy) is 3. The summed E-state index contributed by atoms with van der Waals surface area (Å²) in [6.07, 6.45) is 50.9. The molecule has 0 N–H and O–H groups in total. The van der Waals surface area contributed by atoms with E-state index in [1.807, 2.05) is 0 Å². The maximum Gasteiger partial charge on any atom is 0.306 e. The lowest BCUT2D eigenvalue weighted by Crippen LogP contribution is -2.30. The highest BCUT2D eigenvalue weighted by molar-refractivity contribution is 5.71. The molecule has 0 aliphatic heterocycles. The molecule has 0 aliphatic carbocycles. The summed E-state index contributed by atoms with van der Waals surface area (Å²) in [6, 6.07) is 0. The number of hydrogen-bond donors (Lipinski definition) is 0. The van der Waals surface area contributed by atoms with Crippen LogP contribution in [0.25, 0.3) is 0 Å². The second kappa shape index (κ2) is 48.1. The van der Waals surface area contributed by atoms with E-state index in [1.54, 1.807) is 0 Å². The topological polar surface area (TPSA) is 78.9 Å². The molecule has 0 aliphatic rings. The SMILES string of the molecule is CCCCCCCCCCCCCCCCCCCCCC(=O)OC[C@@H](COC(=O)CCCCCCCCCCCCCC)OC(=O)CCCCCCCCCCC. The normalized spacial score (nSPS) is 11.8. The number of esters is 3. The Morgan fingerprint density at radius 2 is 0.466 bits per heavy atom. The van der Waals surface area contributed by atoms with Gasteiger partial charge in [0.2, 0.25) is 0 Å². The first kappa shape index (κ1) is 56.4. The van der Waals surface area contributed by atoms with Crippen LogP contribution in [0.5, 0.6) is 0 Å². The van der Waals surface area contributed by atoms with Crippen molar-refractivity contribution >= 4 is 17.9 Å². The van der Waals surface area contributed by atoms with E-state index in [-0.39, 0.29) is 31.1 Å². The highest BCUT2D eigenvalue weighted by Crippen LogP contribution is 2.17. The van der Waals surface area contributed by atoms with E-state index in [1.165, 1.54) is 199 Å². The third-order valence-corrected chi connectivity index (χ3v) is 11.9. The van der Waals surface area contributed by atoms with Gasteiger partial charge in [0.15, 0.2) is 6.10 Å². The summed E-state index contributed by atoms with van der Waals surface area (Å²) in [7, 11) is 0. The van der Waals surface area contributed by atoms with Crippen LogP contribution in [0, 0.1) is 0 Å². The lowest BCUT2D eigenvalue weighted by atomic mass is 10.0. The van der Waals surface area contributed by atoms with Crippen LogP contribution < -0.4 is 0 Å². The largest absolute Gasteiger partial charge is 0.462 e. The summed E-state index contributed by atoms with van der Waals surface area (Å²) < 4.78 is 16.8. The van der Waals surface area contributed by atoms with Gasteiger partial charge in [-0.2, -0.15) is 0 Å². The first-order valence-corrected chi connectivity index (χ1v) is 26.0. The van der Waals surface area contributed by atoms with Crippen molar-refractivity contribution in [2.24, 2.45) is 0 Å². The third-order valence-electron chi connectivity index (χ3n) is 11.9. The maximum atomic E-state index is 12.7. The number of rotatable bonds is 48. The van der Waals surface area contributed by atoms with E-state index in [0.29, 0.717) is 19.3 Å². The van der Waals surface area contributed by atoms with Crippen LogP contribution >= 0.6 is 0 Å². The van der Waals surface area contributed by atoms with E-state index in [9.17, 15) is 14.4 Å². The Kier molecular flexibility index (Phi) is 46.8. The van der Waals surface area contributed by atoms with Crippen LogP contribution in [0.4, 0.5) is 0 Å². The zero-order valence-electron chi connectivity index (χ0n) is 39.3. The molecule has 0 amide bonds. The smallest absolute Gasteiger partial charge is 0.306 e. The van der Waals surface area contributed by atoms with Gasteiger partial charge in [-0.05, 0) is 19.3 Å². The molecule has 0 unspecified atom stereocenters. The van der Waals surface area contributed by atoms with Crippen molar-refractivity contribution in [1.29, 1.82) is 0 Å². The Bertz CT molecular complexity index is 859. The molecule has 0 saturated heterocycles. The zero-order chi connectivity index (χ0) is 42.3. The van der Waals surface area contributed by atoms with Crippen LogP contribution in [0.15, 0.2) is 0 Å². The fourth-order valence-electron chi connectivity index (χ4n) is 7.92. The predicted octanol–water partition coefficient (Wildman–Crippen LogP) is 16.8. The van der Waals surface area contributed by atoms with Crippen LogP contribution in [0.3, 0.4) is 0 Å². The van der Waals surface area contributed by atoms with Gasteiger partial charge in [-0.1, -0.05) is 258 Å². The van der Waals surface area contributed by atoms with Gasteiger partial charge in [-0.25, -0.2) is 0 Å². The van der Waals surface area contributed by atoms with Crippen molar-refractivity contribution in [1.82, 2.24) is 0 Å². The van der Waals surface area contributed by atoms with Crippen LogP contribution in [-0.4, -0.2) is 37.2 Å². The van der Waals surface area contributed by atoms with Crippen LogP contribution in [0.2, 0.25) is 0 Å². The maximum absolute atomic E-state index is 12.7. The monoisotopic (exact) mass is 821 g/mol. The zero-order valence-corrected chi connectivity index (χ0v) is 39.3. The summed E-state index contributed by atoms with van der Waals surface area (Å²) in [4.78, 5) is 37.8. The molecular formula is C52H100O6. The predicted molar refractivity (Wildman–Crippen MR) is 247 cm³/mol. The Balaban J connectivity index is 4.18. The van der Waals surface area contributed by atoms with Gasteiger partial charge in [-0.3, -0.25) is 14.4 Å². The third kappa shape index (κ3) is 45.5. The van der Waals surface area contributed by atoms with Gasteiger partial charge >= 0.3 is 17.9 Å². The second-order valence-electron chi connectivity index (χ2n) is 17.8. The second-order valence-corrected chi connectivity index (χ2v) is 17.8. The minimum atomic E-state index is -0.758. The average molecular weight is 821 g/mol. The molecule has 0 aromatic carbocycles. The number of carbonyl (C=O) groups is 3. The van der Waals surface area contributed by atoms with E-state index < -0.39 is 6.10 Å². The highest BCUT2D eigenvalue weighted by atomic mass is 16.6. The van der Waals surface area contributed by atoms with Crippen molar-refractivity contribution in [2.45, 2.75) is 303 Å². The molecule has 1 atom stereocenters. The van der Waals surface area contributed by atoms with E-state index >= 15 is 0 Å². The first-order valence-electron chi connectivity index (χ1n) is 26.0. The Hall–Kier alpha value is -1.59. The molecule has 58 heavy (non-hydrogen) atoms. The summed E-state index contributed by atoms with van der Waals surface area (Å²) >= 11 is 0. The van der Waals surface area contributed by atoms with Gasteiger partial charge in [0, 0.05) is 19.3 Å². The number of hydrogen-bond acceptors (Lipinski definition) is 6. The standard InChI is InChI=1S/C52H100O6/c1-4-7-10-13-16-19-21-23-24-25-26-27-28-29-31-34-36-39-42-45-51(54)57-48-49(58-52(55)46-43-40-37-32-18-15-12-9-6-3)47-56-50(53)44-41-38-35-33-30-22-20-17-14-11-8-5-2/h49H,4-48H2,1-3H3/t49-/m1/s1. The molecule has 0 bridgehead atoms. The lowest BCUT2D eigenvalue weighted by Gasteiger charge is -2.18. The summed E-state index contributed by atoms with van der Waals surface area (Å²) in [6.45, 7) is 6.66. The quantitative estimate of drug-likeness (QED) is 0.0346. The van der Waals surface area contributed by atoms with Gasteiger partial charge in [0.1, 0.15) is 13.2 Å². The van der Waals surface area contributed by atoms with Crippen molar-refractivity contribution in [3.63, 3.8) is 0 Å². The number of carbonyl (C=O) groups excluding carboxylic acids is 3. The Morgan fingerprint density at radius 1 is 0.276 bits per heavy atom. The fourth-order valence-corrected chi connectivity index (χ4v) is 7.92. The number of unbranched alkanes of at least 4 members (excludes halogenated alkanes) is 37. The van der Waals surface area contributed by atoms with E-state index in [2.05, 4.69) is 20.8 Å². The van der Waals surface area contributed by atoms with E-state index in [0.717, 1.165) is 57.8 Å². The molecule has 0 spiro atoms. The minimum absolute atomic E-state index is 0.0622. The molecular weight excluding hydrogens is 721 g/mol. The molecule has 0 fully saturated rings. The summed E-state index contributed by atoms with van der Waals surface area (Å²) in [5.41, 5.74) is 0. The minimum Gasteiger partial charge on any atom is -0.462 e. The van der Waals surface area contributed by atoms with Gasteiger partial charge in [0.05, 0.1) is 0 Å². The highest BCUT2D eigenvalue weighted by Gasteiger charge is 2.19. The summed E-state index contributed by atoms with van der Waals surface area (Å²) in [5, 5.41) is 0. The molecule has 344 valence electrons. The van der Waals surface area contributed by atoms with Crippen LogP contribution in [0.1, 0.15) is 297 Å². The lowest BCUT2D eigenvalue weighted by molar-refractivity contribution is -0.167. The van der Waals surface area contributed by atoms with Crippen molar-refractivity contribution < 1.29 is 28.6 Å². The molecule has 6 nitrogen and oxygen atoms in total. The molecule has 0 saturated carbocycles. The molecule has 0 heterocycles. The van der Waals surface area contributed by atoms with Crippen molar-refractivity contribution in [3.8, 4) is 0 Å². The molecule has 0 rings (SSSR count). The average Bonchev–Trinajstić information content (AvgIpc) is 3.22. The fraction of sp³-hybridized carbons (Fsp3) is 0.942. The first-order chi connectivity index (χ1) is 28.5. The molecule has 0 aromatic heterocycles. The molecule has 0 aromatic rings. The molecule has 0 radical (unpaired) electrons. The molecule has 6 heteroatoms. The van der Waals surface area contributed by atoms with Gasteiger partial charge < -0.3 is 14.2 Å². The Morgan fingerprint density at radius 3 is 0.690 bits per heavy atom. The Labute approximate surface area is 361 Å². The van der Waals surface area contributed by atoms with Gasteiger partial charge in [-0.15, -0.1) is 0 Å². The van der Waals surface area contributed by atoms with Crippen molar-refractivity contribution in [3.05, 3.63) is 0 Å². The van der Waals surface area contributed by atoms with Crippen molar-refractivity contribution in [2.75, 3.05) is 13.2 Å².